The van der Waals surface area contributed by atoms with E-state index in [1.807, 2.05) is 42.2 Å². The second-order valence-electron chi connectivity index (χ2n) is 6.91. The lowest BCUT2D eigenvalue weighted by molar-refractivity contribution is -0.140. The maximum atomic E-state index is 12.9. The number of benzene rings is 1. The van der Waals surface area contributed by atoms with E-state index in [1.165, 1.54) is 25.7 Å². The summed E-state index contributed by atoms with van der Waals surface area (Å²) < 4.78 is 0. The number of carbonyl (C=O) groups excluding carboxylic acids is 1. The van der Waals surface area contributed by atoms with Gasteiger partial charge in [0, 0.05) is 13.1 Å². The number of fused-ring (bicyclic) bond motifs is 1. The highest BCUT2D eigenvalue weighted by Crippen LogP contribution is 2.37. The molecular formula is C18H26N2O. The molecule has 1 aliphatic heterocycles. The fourth-order valence-corrected chi connectivity index (χ4v) is 4.02. The van der Waals surface area contributed by atoms with Gasteiger partial charge in [0.1, 0.15) is 5.54 Å². The minimum Gasteiger partial charge on any atom is -0.341 e. The van der Waals surface area contributed by atoms with Crippen LogP contribution in [0.4, 0.5) is 0 Å². The Bertz CT molecular complexity index is 497. The lowest BCUT2D eigenvalue weighted by Gasteiger charge is -2.43. The molecule has 1 amide bonds. The molecule has 0 radical (unpaired) electrons. The normalized spacial score (nSPS) is 28.6. The Morgan fingerprint density at radius 2 is 1.81 bits per heavy atom. The van der Waals surface area contributed by atoms with Gasteiger partial charge in [0.05, 0.1) is 0 Å². The van der Waals surface area contributed by atoms with Crippen molar-refractivity contribution in [3.63, 3.8) is 0 Å². The summed E-state index contributed by atoms with van der Waals surface area (Å²) in [6, 6.07) is 9.75. The van der Waals surface area contributed by atoms with Crippen LogP contribution in [0.1, 0.15) is 44.6 Å². The Balaban J connectivity index is 1.73. The van der Waals surface area contributed by atoms with Crippen LogP contribution in [0, 0.1) is 11.8 Å². The lowest BCUT2D eigenvalue weighted by Crippen LogP contribution is -2.55. The van der Waals surface area contributed by atoms with Gasteiger partial charge in [-0.2, -0.15) is 0 Å². The maximum Gasteiger partial charge on any atom is 0.246 e. The van der Waals surface area contributed by atoms with Gasteiger partial charge in [-0.3, -0.25) is 4.79 Å². The van der Waals surface area contributed by atoms with Crippen LogP contribution in [-0.2, 0) is 10.3 Å². The zero-order chi connectivity index (χ0) is 14.9. The van der Waals surface area contributed by atoms with Gasteiger partial charge in [-0.1, -0.05) is 49.6 Å². The molecule has 0 bridgehead atoms. The van der Waals surface area contributed by atoms with Gasteiger partial charge < -0.3 is 10.6 Å². The van der Waals surface area contributed by atoms with E-state index in [-0.39, 0.29) is 5.91 Å². The van der Waals surface area contributed by atoms with Gasteiger partial charge in [-0.05, 0) is 37.2 Å². The smallest absolute Gasteiger partial charge is 0.246 e. The molecule has 2 N–H and O–H groups in total. The monoisotopic (exact) mass is 286 g/mol. The van der Waals surface area contributed by atoms with E-state index in [2.05, 4.69) is 0 Å². The first-order chi connectivity index (χ1) is 10.1. The third-order valence-corrected chi connectivity index (χ3v) is 5.40. The van der Waals surface area contributed by atoms with E-state index in [0.29, 0.717) is 5.92 Å². The number of nitrogens with zero attached hydrogens (tertiary/aromatic N) is 1. The number of rotatable bonds is 2. The van der Waals surface area contributed by atoms with E-state index < -0.39 is 5.54 Å². The van der Waals surface area contributed by atoms with E-state index in [0.717, 1.165) is 31.0 Å². The average molecular weight is 286 g/mol. The van der Waals surface area contributed by atoms with Crippen molar-refractivity contribution >= 4 is 5.91 Å². The average Bonchev–Trinajstić information content (AvgIpc) is 2.54. The maximum absolute atomic E-state index is 12.9. The summed E-state index contributed by atoms with van der Waals surface area (Å²) in [6.07, 6.45) is 6.48. The fourth-order valence-electron chi connectivity index (χ4n) is 4.02. The predicted octanol–water partition coefficient (Wildman–Crippen LogP) is 2.90. The van der Waals surface area contributed by atoms with Crippen molar-refractivity contribution in [2.24, 2.45) is 17.6 Å². The van der Waals surface area contributed by atoms with Crippen LogP contribution in [0.2, 0.25) is 0 Å². The number of likely N-dealkylation sites (tertiary alicyclic amines) is 1. The zero-order valence-corrected chi connectivity index (χ0v) is 12.9. The molecule has 3 rings (SSSR count). The molecule has 3 unspecified atom stereocenters. The number of hydrogen-bond acceptors (Lipinski definition) is 2. The molecule has 2 fully saturated rings. The molecule has 1 saturated heterocycles. The first kappa shape index (κ1) is 14.6. The van der Waals surface area contributed by atoms with Gasteiger partial charge in [-0.15, -0.1) is 0 Å². The van der Waals surface area contributed by atoms with E-state index in [1.54, 1.807) is 0 Å². The van der Waals surface area contributed by atoms with E-state index in [4.69, 9.17) is 5.73 Å². The predicted molar refractivity (Wildman–Crippen MR) is 84.6 cm³/mol. The Morgan fingerprint density at radius 1 is 1.14 bits per heavy atom. The molecule has 1 heterocycles. The highest BCUT2D eigenvalue weighted by atomic mass is 16.2. The van der Waals surface area contributed by atoms with Gasteiger partial charge in [0.15, 0.2) is 0 Å². The van der Waals surface area contributed by atoms with Crippen molar-refractivity contribution in [1.82, 2.24) is 4.90 Å². The van der Waals surface area contributed by atoms with E-state index >= 15 is 0 Å². The number of amides is 1. The highest BCUT2D eigenvalue weighted by Gasteiger charge is 2.39. The van der Waals surface area contributed by atoms with E-state index in [9.17, 15) is 4.79 Å². The Morgan fingerprint density at radius 3 is 2.52 bits per heavy atom. The van der Waals surface area contributed by atoms with Gasteiger partial charge in [-0.25, -0.2) is 0 Å². The molecule has 1 aliphatic carbocycles. The minimum atomic E-state index is -0.914. The highest BCUT2D eigenvalue weighted by molar-refractivity contribution is 5.87. The Kier molecular flexibility index (Phi) is 4.03. The third kappa shape index (κ3) is 2.84. The number of carbonyl (C=O) groups is 1. The molecule has 3 heteroatoms. The quantitative estimate of drug-likeness (QED) is 0.908. The molecular weight excluding hydrogens is 260 g/mol. The van der Waals surface area contributed by atoms with Crippen LogP contribution in [0.25, 0.3) is 0 Å². The first-order valence-corrected chi connectivity index (χ1v) is 8.23. The van der Waals surface area contributed by atoms with Crippen molar-refractivity contribution in [2.75, 3.05) is 13.1 Å². The second-order valence-corrected chi connectivity index (χ2v) is 6.91. The molecule has 1 aromatic carbocycles. The fraction of sp³-hybridized carbons (Fsp3) is 0.611. The van der Waals surface area contributed by atoms with Crippen LogP contribution in [0.3, 0.4) is 0 Å². The Labute approximate surface area is 127 Å². The largest absolute Gasteiger partial charge is 0.341 e. The minimum absolute atomic E-state index is 0.0812. The summed E-state index contributed by atoms with van der Waals surface area (Å²) in [6.45, 7) is 3.63. The molecule has 1 saturated carbocycles. The standard InChI is InChI=1S/C18H26N2O/c1-18(19,16-9-3-2-4-10-16)17(21)20-12-11-14-7-5-6-8-15(14)13-20/h2-4,9-10,14-15H,5-8,11-13,19H2,1H3. The summed E-state index contributed by atoms with van der Waals surface area (Å²) in [5.74, 6) is 1.62. The summed E-state index contributed by atoms with van der Waals surface area (Å²) >= 11 is 0. The van der Waals surface area contributed by atoms with Crippen LogP contribution in [0.5, 0.6) is 0 Å². The molecule has 3 nitrogen and oxygen atoms in total. The van der Waals surface area contributed by atoms with Crippen molar-refractivity contribution in [3.8, 4) is 0 Å². The van der Waals surface area contributed by atoms with Gasteiger partial charge in [0.2, 0.25) is 5.91 Å². The van der Waals surface area contributed by atoms with Crippen molar-refractivity contribution in [1.29, 1.82) is 0 Å². The molecule has 1 aromatic rings. The molecule has 2 aliphatic rings. The molecule has 114 valence electrons. The van der Waals surface area contributed by atoms with Crippen molar-refractivity contribution < 1.29 is 4.79 Å². The molecule has 0 spiro atoms. The summed E-state index contributed by atoms with van der Waals surface area (Å²) in [5, 5.41) is 0. The number of hydrogen-bond donors (Lipinski definition) is 1. The van der Waals surface area contributed by atoms with Crippen LogP contribution >= 0.6 is 0 Å². The molecule has 0 aromatic heterocycles. The summed E-state index contributed by atoms with van der Waals surface area (Å²) in [5.41, 5.74) is 6.38. The summed E-state index contributed by atoms with van der Waals surface area (Å²) in [7, 11) is 0. The van der Waals surface area contributed by atoms with Crippen LogP contribution in [-0.4, -0.2) is 23.9 Å². The molecule has 3 atom stereocenters. The number of nitrogens with two attached hydrogens (primary N) is 1. The lowest BCUT2D eigenvalue weighted by atomic mass is 9.74. The molecule has 21 heavy (non-hydrogen) atoms. The van der Waals surface area contributed by atoms with Gasteiger partial charge >= 0.3 is 0 Å². The van der Waals surface area contributed by atoms with Crippen LogP contribution in [0.15, 0.2) is 30.3 Å². The summed E-state index contributed by atoms with van der Waals surface area (Å²) in [4.78, 5) is 14.9. The van der Waals surface area contributed by atoms with Crippen LogP contribution < -0.4 is 5.73 Å². The van der Waals surface area contributed by atoms with Gasteiger partial charge in [0.25, 0.3) is 0 Å². The third-order valence-electron chi connectivity index (χ3n) is 5.40. The second kappa shape index (κ2) is 5.80. The topological polar surface area (TPSA) is 46.3 Å². The van der Waals surface area contributed by atoms with Crippen molar-refractivity contribution in [3.05, 3.63) is 35.9 Å². The Hall–Kier alpha value is -1.35. The number of piperidine rings is 1. The van der Waals surface area contributed by atoms with Crippen molar-refractivity contribution in [2.45, 2.75) is 44.6 Å². The SMILES string of the molecule is CC(N)(C(=O)N1CCC2CCCCC2C1)c1ccccc1. The zero-order valence-electron chi connectivity index (χ0n) is 12.9. The first-order valence-electron chi connectivity index (χ1n) is 8.23.